The van der Waals surface area contributed by atoms with Gasteiger partial charge in [-0.05, 0) is 57.5 Å². The second-order valence-corrected chi connectivity index (χ2v) is 6.74. The van der Waals surface area contributed by atoms with E-state index in [9.17, 15) is 9.59 Å². The highest BCUT2D eigenvalue weighted by Crippen LogP contribution is 2.30. The van der Waals surface area contributed by atoms with Gasteiger partial charge in [0.05, 0.1) is 19.3 Å². The zero-order valence-corrected chi connectivity index (χ0v) is 17.6. The van der Waals surface area contributed by atoms with Crippen LogP contribution in [0.15, 0.2) is 42.5 Å². The van der Waals surface area contributed by atoms with Crippen molar-refractivity contribution in [1.82, 2.24) is 10.6 Å². The van der Waals surface area contributed by atoms with Crippen molar-refractivity contribution < 1.29 is 19.1 Å². The summed E-state index contributed by atoms with van der Waals surface area (Å²) in [5.74, 6) is 1.05. The number of hydrogen-bond acceptors (Lipinski definition) is 4. The lowest BCUT2D eigenvalue weighted by atomic mass is 10.1. The van der Waals surface area contributed by atoms with Crippen molar-refractivity contribution in [1.29, 1.82) is 0 Å². The molecule has 0 saturated heterocycles. The normalized spacial score (nSPS) is 11.4. The minimum atomic E-state index is -0.190. The molecule has 2 amide bonds. The van der Waals surface area contributed by atoms with Crippen molar-refractivity contribution in [2.24, 2.45) is 0 Å². The van der Waals surface area contributed by atoms with E-state index >= 15 is 0 Å². The second kappa shape index (κ2) is 11.1. The predicted octanol–water partition coefficient (Wildman–Crippen LogP) is 3.79. The van der Waals surface area contributed by atoms with Gasteiger partial charge in [0.1, 0.15) is 0 Å². The summed E-state index contributed by atoms with van der Waals surface area (Å²) in [5.41, 5.74) is 2.54. The van der Waals surface area contributed by atoms with Gasteiger partial charge >= 0.3 is 0 Å². The van der Waals surface area contributed by atoms with Crippen molar-refractivity contribution in [3.05, 3.63) is 59.2 Å². The van der Waals surface area contributed by atoms with Crippen molar-refractivity contribution in [3.8, 4) is 11.5 Å². The lowest BCUT2D eigenvalue weighted by Gasteiger charge is -2.17. The van der Waals surface area contributed by atoms with Crippen LogP contribution in [0.1, 0.15) is 54.7 Å². The fourth-order valence-corrected chi connectivity index (χ4v) is 2.91. The number of hydrogen-bond donors (Lipinski definition) is 2. The van der Waals surface area contributed by atoms with Crippen LogP contribution < -0.4 is 20.1 Å². The molecule has 0 saturated carbocycles. The smallest absolute Gasteiger partial charge is 0.251 e. The Labute approximate surface area is 172 Å². The van der Waals surface area contributed by atoms with Crippen molar-refractivity contribution in [3.63, 3.8) is 0 Å². The number of amides is 2. The Morgan fingerprint density at radius 3 is 2.41 bits per heavy atom. The van der Waals surface area contributed by atoms with Crippen LogP contribution in [0.3, 0.4) is 0 Å². The number of carbonyl (C=O) groups is 2. The monoisotopic (exact) mass is 398 g/mol. The maximum atomic E-state index is 12.3. The van der Waals surface area contributed by atoms with Gasteiger partial charge in [-0.15, -0.1) is 0 Å². The Morgan fingerprint density at radius 2 is 1.72 bits per heavy atom. The fourth-order valence-electron chi connectivity index (χ4n) is 2.91. The summed E-state index contributed by atoms with van der Waals surface area (Å²) in [6, 6.07) is 12.8. The standard InChI is InChI=1S/C23H30N2O4/c1-5-28-20-11-10-18(15-21(20)29-6-2)17(4)25-22(26)12-13-24-23(27)19-9-7-8-16(3)14-19/h7-11,14-15,17H,5-6,12-13H2,1-4H3,(H,24,27)(H,25,26)/t17-/m0/s1. The number of rotatable bonds is 10. The molecule has 0 heterocycles. The highest BCUT2D eigenvalue weighted by molar-refractivity contribution is 5.94. The highest BCUT2D eigenvalue weighted by atomic mass is 16.5. The summed E-state index contributed by atoms with van der Waals surface area (Å²) in [7, 11) is 0. The molecule has 156 valence electrons. The number of carbonyl (C=O) groups excluding carboxylic acids is 2. The van der Waals surface area contributed by atoms with Gasteiger partial charge < -0.3 is 20.1 Å². The number of aryl methyl sites for hydroxylation is 1. The number of ether oxygens (including phenoxy) is 2. The SMILES string of the molecule is CCOc1ccc([C@H](C)NC(=O)CCNC(=O)c2cccc(C)c2)cc1OCC. The Balaban J connectivity index is 1.86. The average Bonchev–Trinajstić information content (AvgIpc) is 2.69. The first-order chi connectivity index (χ1) is 13.9. The maximum absolute atomic E-state index is 12.3. The van der Waals surface area contributed by atoms with Gasteiger partial charge in [-0.25, -0.2) is 0 Å². The molecule has 0 spiro atoms. The minimum absolute atomic E-state index is 0.131. The Hall–Kier alpha value is -3.02. The van der Waals surface area contributed by atoms with Crippen LogP contribution in [0.5, 0.6) is 11.5 Å². The zero-order chi connectivity index (χ0) is 21.2. The molecule has 0 aliphatic heterocycles. The van der Waals surface area contributed by atoms with Crippen LogP contribution in [0.25, 0.3) is 0 Å². The summed E-state index contributed by atoms with van der Waals surface area (Å²) in [6.45, 7) is 9.05. The molecule has 0 aliphatic rings. The first-order valence-corrected chi connectivity index (χ1v) is 9.98. The van der Waals surface area contributed by atoms with E-state index in [1.807, 2.05) is 64.1 Å². The molecule has 0 radical (unpaired) electrons. The molecule has 1 atom stereocenters. The quantitative estimate of drug-likeness (QED) is 0.638. The predicted molar refractivity (Wildman–Crippen MR) is 113 cm³/mol. The van der Waals surface area contributed by atoms with E-state index in [0.29, 0.717) is 30.3 Å². The van der Waals surface area contributed by atoms with Crippen molar-refractivity contribution >= 4 is 11.8 Å². The van der Waals surface area contributed by atoms with Crippen LogP contribution >= 0.6 is 0 Å². The van der Waals surface area contributed by atoms with Gasteiger partial charge in [-0.3, -0.25) is 9.59 Å². The van der Waals surface area contributed by atoms with Crippen LogP contribution in [-0.2, 0) is 4.79 Å². The van der Waals surface area contributed by atoms with Gasteiger partial charge in [-0.1, -0.05) is 23.8 Å². The third kappa shape index (κ3) is 6.82. The lowest BCUT2D eigenvalue weighted by molar-refractivity contribution is -0.121. The molecule has 2 aromatic rings. The second-order valence-electron chi connectivity index (χ2n) is 6.74. The molecule has 2 rings (SSSR count). The highest BCUT2D eigenvalue weighted by Gasteiger charge is 2.14. The molecular weight excluding hydrogens is 368 g/mol. The Bertz CT molecular complexity index is 835. The zero-order valence-electron chi connectivity index (χ0n) is 17.6. The Kier molecular flexibility index (Phi) is 8.52. The molecule has 0 bridgehead atoms. The van der Waals surface area contributed by atoms with Gasteiger partial charge in [-0.2, -0.15) is 0 Å². The van der Waals surface area contributed by atoms with Crippen LogP contribution in [0, 0.1) is 6.92 Å². The first kappa shape index (κ1) is 22.3. The van der Waals surface area contributed by atoms with E-state index in [4.69, 9.17) is 9.47 Å². The maximum Gasteiger partial charge on any atom is 0.251 e. The lowest BCUT2D eigenvalue weighted by Crippen LogP contribution is -2.32. The minimum Gasteiger partial charge on any atom is -0.490 e. The molecule has 0 fully saturated rings. The fraction of sp³-hybridized carbons (Fsp3) is 0.391. The van der Waals surface area contributed by atoms with Gasteiger partial charge in [0.25, 0.3) is 5.91 Å². The Morgan fingerprint density at radius 1 is 1.00 bits per heavy atom. The molecular formula is C23H30N2O4. The summed E-state index contributed by atoms with van der Waals surface area (Å²) < 4.78 is 11.2. The topological polar surface area (TPSA) is 76.7 Å². The number of nitrogens with one attached hydrogen (secondary N) is 2. The van der Waals surface area contributed by atoms with Gasteiger partial charge in [0, 0.05) is 18.5 Å². The van der Waals surface area contributed by atoms with Crippen LogP contribution in [-0.4, -0.2) is 31.6 Å². The van der Waals surface area contributed by atoms with E-state index < -0.39 is 0 Å². The van der Waals surface area contributed by atoms with E-state index in [2.05, 4.69) is 10.6 Å². The molecule has 29 heavy (non-hydrogen) atoms. The molecule has 2 N–H and O–H groups in total. The average molecular weight is 399 g/mol. The third-order valence-corrected chi connectivity index (χ3v) is 4.36. The summed E-state index contributed by atoms with van der Waals surface area (Å²) in [6.07, 6.45) is 0.206. The van der Waals surface area contributed by atoms with Crippen LogP contribution in [0.4, 0.5) is 0 Å². The summed E-state index contributed by atoms with van der Waals surface area (Å²) >= 11 is 0. The third-order valence-electron chi connectivity index (χ3n) is 4.36. The molecule has 0 aliphatic carbocycles. The van der Waals surface area contributed by atoms with E-state index in [0.717, 1.165) is 11.1 Å². The molecule has 6 heteroatoms. The molecule has 2 aromatic carbocycles. The van der Waals surface area contributed by atoms with E-state index in [1.54, 1.807) is 6.07 Å². The largest absolute Gasteiger partial charge is 0.490 e. The van der Waals surface area contributed by atoms with Gasteiger partial charge in [0.2, 0.25) is 5.91 Å². The number of benzene rings is 2. The van der Waals surface area contributed by atoms with E-state index in [-0.39, 0.29) is 30.8 Å². The molecule has 0 unspecified atom stereocenters. The van der Waals surface area contributed by atoms with Crippen molar-refractivity contribution in [2.45, 2.75) is 40.2 Å². The first-order valence-electron chi connectivity index (χ1n) is 9.98. The summed E-state index contributed by atoms with van der Waals surface area (Å²) in [4.78, 5) is 24.4. The van der Waals surface area contributed by atoms with Crippen molar-refractivity contribution in [2.75, 3.05) is 19.8 Å². The van der Waals surface area contributed by atoms with E-state index in [1.165, 1.54) is 0 Å². The summed E-state index contributed by atoms with van der Waals surface area (Å²) in [5, 5.41) is 5.73. The van der Waals surface area contributed by atoms with Crippen LogP contribution in [0.2, 0.25) is 0 Å². The van der Waals surface area contributed by atoms with Gasteiger partial charge in [0.15, 0.2) is 11.5 Å². The molecule has 0 aromatic heterocycles. The molecule has 6 nitrogen and oxygen atoms in total.